The maximum absolute atomic E-state index is 13.0. The van der Waals surface area contributed by atoms with Gasteiger partial charge in [0.15, 0.2) is 0 Å². The Morgan fingerprint density at radius 3 is 2.55 bits per heavy atom. The summed E-state index contributed by atoms with van der Waals surface area (Å²) in [5.41, 5.74) is -0.0523. The molecule has 8 nitrogen and oxygen atoms in total. The lowest BCUT2D eigenvalue weighted by Gasteiger charge is -2.23. The molecule has 3 amide bonds. The predicted octanol–water partition coefficient (Wildman–Crippen LogP) is 3.37. The number of urea groups is 1. The molecule has 1 atom stereocenters. The zero-order valence-electron chi connectivity index (χ0n) is 15.7. The third-order valence-corrected chi connectivity index (χ3v) is 5.11. The number of imide groups is 1. The lowest BCUT2D eigenvalue weighted by atomic mass is 9.92. The predicted molar refractivity (Wildman–Crippen MR) is 104 cm³/mol. The average Bonchev–Trinajstić information content (AvgIpc) is 3.28. The highest BCUT2D eigenvalue weighted by molar-refractivity contribution is 6.32. The van der Waals surface area contributed by atoms with Crippen molar-refractivity contribution < 1.29 is 18.7 Å². The number of aromatic nitrogens is 2. The van der Waals surface area contributed by atoms with Crippen LogP contribution < -0.4 is 10.1 Å². The summed E-state index contributed by atoms with van der Waals surface area (Å²) in [6.07, 6.45) is 0. The number of rotatable bonds is 5. The van der Waals surface area contributed by atoms with Crippen LogP contribution in [0.3, 0.4) is 0 Å². The van der Waals surface area contributed by atoms with Crippen LogP contribution in [0.25, 0.3) is 11.5 Å². The van der Waals surface area contributed by atoms with E-state index in [4.69, 9.17) is 20.8 Å². The molecule has 2 heterocycles. The van der Waals surface area contributed by atoms with E-state index in [-0.39, 0.29) is 18.3 Å². The molecule has 2 aromatic carbocycles. The van der Waals surface area contributed by atoms with Gasteiger partial charge in [-0.25, -0.2) is 4.79 Å². The second-order valence-electron chi connectivity index (χ2n) is 6.66. The number of nitrogens with zero attached hydrogens (tertiary/aromatic N) is 3. The molecule has 0 saturated carbocycles. The van der Waals surface area contributed by atoms with Crippen LogP contribution in [0, 0.1) is 0 Å². The summed E-state index contributed by atoms with van der Waals surface area (Å²) in [6.45, 7) is 1.47. The Balaban J connectivity index is 1.56. The highest BCUT2D eigenvalue weighted by Gasteiger charge is 2.50. The number of hydrogen-bond donors (Lipinski definition) is 1. The first kappa shape index (κ1) is 18.9. The Morgan fingerprint density at radius 1 is 1.14 bits per heavy atom. The summed E-state index contributed by atoms with van der Waals surface area (Å²) >= 11 is 6.24. The fourth-order valence-electron chi connectivity index (χ4n) is 3.19. The van der Waals surface area contributed by atoms with E-state index in [2.05, 4.69) is 15.5 Å². The minimum Gasteiger partial charge on any atom is -0.497 e. The molecule has 0 bridgehead atoms. The van der Waals surface area contributed by atoms with Crippen molar-refractivity contribution in [1.82, 2.24) is 20.4 Å². The van der Waals surface area contributed by atoms with Crippen molar-refractivity contribution in [2.75, 3.05) is 7.11 Å². The van der Waals surface area contributed by atoms with E-state index < -0.39 is 17.5 Å². The van der Waals surface area contributed by atoms with Crippen LogP contribution in [0.2, 0.25) is 5.02 Å². The second-order valence-corrected chi connectivity index (χ2v) is 7.06. The molecule has 3 aromatic rings. The number of methoxy groups -OCH3 is 1. The Labute approximate surface area is 171 Å². The normalized spacial score (nSPS) is 18.8. The zero-order valence-corrected chi connectivity index (χ0v) is 16.4. The van der Waals surface area contributed by atoms with Gasteiger partial charge in [0.1, 0.15) is 17.8 Å². The molecule has 1 aliphatic heterocycles. The third-order valence-electron chi connectivity index (χ3n) is 4.78. The lowest BCUT2D eigenvalue weighted by Crippen LogP contribution is -2.41. The van der Waals surface area contributed by atoms with Crippen molar-refractivity contribution in [3.8, 4) is 17.2 Å². The van der Waals surface area contributed by atoms with Gasteiger partial charge in [-0.3, -0.25) is 9.69 Å². The number of benzene rings is 2. The van der Waals surface area contributed by atoms with Crippen molar-refractivity contribution in [2.24, 2.45) is 0 Å². The second kappa shape index (κ2) is 7.21. The number of nitrogens with one attached hydrogen (secondary N) is 1. The maximum Gasteiger partial charge on any atom is 0.325 e. The summed E-state index contributed by atoms with van der Waals surface area (Å²) < 4.78 is 10.8. The topological polar surface area (TPSA) is 97.6 Å². The van der Waals surface area contributed by atoms with Gasteiger partial charge in [0.05, 0.1) is 7.11 Å². The molecule has 148 valence electrons. The van der Waals surface area contributed by atoms with Gasteiger partial charge < -0.3 is 14.5 Å². The Kier molecular flexibility index (Phi) is 4.71. The molecule has 1 N–H and O–H groups in total. The Hall–Kier alpha value is -3.39. The van der Waals surface area contributed by atoms with E-state index in [9.17, 15) is 9.59 Å². The van der Waals surface area contributed by atoms with Gasteiger partial charge in [0.25, 0.3) is 5.91 Å². The number of amides is 3. The van der Waals surface area contributed by atoms with Crippen LogP contribution in [0.1, 0.15) is 18.4 Å². The number of halogens is 1. The molecule has 0 aliphatic carbocycles. The molecule has 0 spiro atoms. The summed E-state index contributed by atoms with van der Waals surface area (Å²) in [5, 5.41) is 11.1. The van der Waals surface area contributed by atoms with Gasteiger partial charge >= 0.3 is 6.03 Å². The highest BCUT2D eigenvalue weighted by Crippen LogP contribution is 2.34. The zero-order chi connectivity index (χ0) is 20.6. The molecule has 1 fully saturated rings. The van der Waals surface area contributed by atoms with E-state index in [1.165, 1.54) is 0 Å². The fraction of sp³-hybridized carbons (Fsp3) is 0.200. The van der Waals surface area contributed by atoms with Crippen LogP contribution in [0.15, 0.2) is 52.9 Å². The van der Waals surface area contributed by atoms with E-state index in [1.807, 2.05) is 0 Å². The molecule has 1 aliphatic rings. The SMILES string of the molecule is COc1ccc(-c2nnc(CN3C(=O)NC(C)(c4ccccc4Cl)C3=O)o2)cc1. The van der Waals surface area contributed by atoms with Gasteiger partial charge in [0.2, 0.25) is 11.8 Å². The summed E-state index contributed by atoms with van der Waals surface area (Å²) in [5.74, 6) is 0.678. The van der Waals surface area contributed by atoms with Crippen LogP contribution in [0.4, 0.5) is 4.79 Å². The standard InChI is InChI=1S/C20H17ClN4O4/c1-20(14-5-3-4-6-15(14)21)18(26)25(19(27)22-20)11-16-23-24-17(29-16)12-7-9-13(28-2)10-8-12/h3-10H,11H2,1-2H3,(H,22,27). The molecule has 1 unspecified atom stereocenters. The van der Waals surface area contributed by atoms with Crippen molar-refractivity contribution in [3.63, 3.8) is 0 Å². The monoisotopic (exact) mass is 412 g/mol. The molecule has 4 rings (SSSR count). The fourth-order valence-corrected chi connectivity index (χ4v) is 3.52. The van der Waals surface area contributed by atoms with Crippen LogP contribution in [-0.4, -0.2) is 34.1 Å². The summed E-state index contributed by atoms with van der Waals surface area (Å²) in [4.78, 5) is 26.5. The van der Waals surface area contributed by atoms with Crippen molar-refractivity contribution in [1.29, 1.82) is 0 Å². The minimum absolute atomic E-state index is 0.141. The van der Waals surface area contributed by atoms with Crippen LogP contribution >= 0.6 is 11.6 Å². The molecule has 1 saturated heterocycles. The smallest absolute Gasteiger partial charge is 0.325 e. The molecule has 0 radical (unpaired) electrons. The van der Waals surface area contributed by atoms with E-state index >= 15 is 0 Å². The summed E-state index contributed by atoms with van der Waals surface area (Å²) in [7, 11) is 1.58. The van der Waals surface area contributed by atoms with Crippen molar-refractivity contribution >= 4 is 23.5 Å². The summed E-state index contributed by atoms with van der Waals surface area (Å²) in [6, 6.07) is 13.4. The van der Waals surface area contributed by atoms with Gasteiger partial charge in [0, 0.05) is 16.1 Å². The number of ether oxygens (including phenoxy) is 1. The number of hydrogen-bond acceptors (Lipinski definition) is 6. The van der Waals surface area contributed by atoms with Gasteiger partial charge in [-0.05, 0) is 37.3 Å². The van der Waals surface area contributed by atoms with Gasteiger partial charge in [-0.2, -0.15) is 0 Å². The van der Waals surface area contributed by atoms with Gasteiger partial charge in [-0.15, -0.1) is 10.2 Å². The molecule has 1 aromatic heterocycles. The molecule has 29 heavy (non-hydrogen) atoms. The minimum atomic E-state index is -1.27. The molecular formula is C20H17ClN4O4. The molecule has 9 heteroatoms. The highest BCUT2D eigenvalue weighted by atomic mass is 35.5. The number of carbonyl (C=O) groups is 2. The maximum atomic E-state index is 13.0. The Morgan fingerprint density at radius 2 is 1.86 bits per heavy atom. The quantitative estimate of drug-likeness (QED) is 0.645. The van der Waals surface area contributed by atoms with Crippen molar-refractivity contribution in [3.05, 3.63) is 65.0 Å². The Bertz CT molecular complexity index is 1080. The first-order valence-electron chi connectivity index (χ1n) is 8.78. The molecular weight excluding hydrogens is 396 g/mol. The van der Waals surface area contributed by atoms with Crippen LogP contribution in [0.5, 0.6) is 5.75 Å². The first-order chi connectivity index (χ1) is 13.9. The van der Waals surface area contributed by atoms with Crippen molar-refractivity contribution in [2.45, 2.75) is 19.0 Å². The van der Waals surface area contributed by atoms with E-state index in [1.54, 1.807) is 62.6 Å². The van der Waals surface area contributed by atoms with Crippen LogP contribution in [-0.2, 0) is 16.9 Å². The number of carbonyl (C=O) groups excluding carboxylic acids is 2. The van der Waals surface area contributed by atoms with E-state index in [0.29, 0.717) is 21.9 Å². The average molecular weight is 413 g/mol. The lowest BCUT2D eigenvalue weighted by molar-refractivity contribution is -0.131. The van der Waals surface area contributed by atoms with E-state index in [0.717, 1.165) is 4.90 Å². The largest absolute Gasteiger partial charge is 0.497 e. The first-order valence-corrected chi connectivity index (χ1v) is 9.16. The third kappa shape index (κ3) is 3.31. The van der Waals surface area contributed by atoms with Gasteiger partial charge in [-0.1, -0.05) is 29.8 Å².